The van der Waals surface area contributed by atoms with Crippen LogP contribution < -0.4 is 91.5 Å². The molecule has 0 aliphatic heterocycles. The fourth-order valence-electron chi connectivity index (χ4n) is 3.78. The van der Waals surface area contributed by atoms with Gasteiger partial charge in [0.25, 0.3) is 0 Å². The van der Waals surface area contributed by atoms with Gasteiger partial charge in [-0.05, 0) is 72.8 Å². The van der Waals surface area contributed by atoms with Gasteiger partial charge in [-0.25, -0.2) is 16.8 Å². The van der Waals surface area contributed by atoms with Crippen LogP contribution in [0.25, 0.3) is 21.8 Å². The first-order valence-corrected chi connectivity index (χ1v) is 13.7. The molecule has 5 rings (SSSR count). The number of anilines is 2. The Balaban J connectivity index is 0.00000231. The van der Waals surface area contributed by atoms with Gasteiger partial charge >= 0.3 is 59.1 Å². The molecular formula is C24H15N5Na2O8S2. The number of nitrogens with zero attached hydrogens (tertiary/aromatic N) is 2. The molecule has 0 radical (unpaired) electrons. The van der Waals surface area contributed by atoms with E-state index in [1.807, 2.05) is 0 Å². The first-order chi connectivity index (χ1) is 18.4. The molecule has 1 heterocycles. The van der Waals surface area contributed by atoms with Gasteiger partial charge in [-0.3, -0.25) is 20.4 Å². The Morgan fingerprint density at radius 3 is 1.22 bits per heavy atom. The average molecular weight is 612 g/mol. The number of benzene rings is 4. The number of nitrogens with one attached hydrogen (secondary N) is 3. The van der Waals surface area contributed by atoms with Crippen LogP contribution in [0.3, 0.4) is 0 Å². The van der Waals surface area contributed by atoms with Gasteiger partial charge in [0.05, 0.1) is 32.2 Å². The molecule has 41 heavy (non-hydrogen) atoms. The molecule has 0 aliphatic rings. The van der Waals surface area contributed by atoms with Crippen LogP contribution in [-0.4, -0.2) is 30.9 Å². The molecule has 17 heteroatoms. The normalized spacial score (nSPS) is 12.6. The molecular weight excluding hydrogens is 596 g/mol. The molecule has 0 unspecified atom stereocenters. The number of hydrogen-bond acceptors (Lipinski definition) is 12. The van der Waals surface area contributed by atoms with E-state index in [-0.39, 0.29) is 80.9 Å². The second kappa shape index (κ2) is 12.7. The van der Waals surface area contributed by atoms with E-state index in [4.69, 9.17) is 0 Å². The van der Waals surface area contributed by atoms with Crippen LogP contribution >= 0.6 is 0 Å². The van der Waals surface area contributed by atoms with Crippen molar-refractivity contribution in [3.63, 3.8) is 0 Å². The number of aromatic nitrogens is 1. The van der Waals surface area contributed by atoms with Crippen molar-refractivity contribution in [3.8, 4) is 0 Å². The number of rotatable bonds is 6. The molecule has 1 aromatic heterocycles. The van der Waals surface area contributed by atoms with Crippen molar-refractivity contribution in [2.24, 2.45) is 10.2 Å². The van der Waals surface area contributed by atoms with Crippen LogP contribution in [0.2, 0.25) is 0 Å². The predicted molar refractivity (Wildman–Crippen MR) is 138 cm³/mol. The zero-order valence-electron chi connectivity index (χ0n) is 21.4. The fourth-order valence-corrected chi connectivity index (χ4v) is 4.72. The molecule has 0 bridgehead atoms. The summed E-state index contributed by atoms with van der Waals surface area (Å²) in [7, 11) is -9.18. The number of aromatic amines is 1. The van der Waals surface area contributed by atoms with Crippen LogP contribution in [-0.2, 0) is 20.2 Å². The maximum Gasteiger partial charge on any atom is 1.00 e. The van der Waals surface area contributed by atoms with E-state index in [0.29, 0.717) is 22.1 Å². The minimum absolute atomic E-state index is 0. The zero-order chi connectivity index (χ0) is 27.9. The van der Waals surface area contributed by atoms with Crippen molar-refractivity contribution in [2.45, 2.75) is 9.79 Å². The largest absolute Gasteiger partial charge is 1.00 e. The number of fused-ring (bicyclic) bond motifs is 3. The van der Waals surface area contributed by atoms with Gasteiger partial charge < -0.3 is 14.1 Å². The monoisotopic (exact) mass is 611 g/mol. The summed E-state index contributed by atoms with van der Waals surface area (Å²) in [4.78, 5) is 28.1. The van der Waals surface area contributed by atoms with Crippen molar-refractivity contribution in [3.05, 3.63) is 104 Å². The Morgan fingerprint density at radius 1 is 0.561 bits per heavy atom. The molecule has 0 aliphatic carbocycles. The summed E-state index contributed by atoms with van der Waals surface area (Å²) in [5.41, 5.74) is 5.19. The third-order valence-electron chi connectivity index (χ3n) is 5.71. The van der Waals surface area contributed by atoms with Crippen LogP contribution in [0.1, 0.15) is 0 Å². The Labute approximate surface area is 275 Å². The van der Waals surface area contributed by atoms with E-state index in [1.54, 1.807) is 12.1 Å². The predicted octanol–water partition coefficient (Wildman–Crippen LogP) is -5.41. The van der Waals surface area contributed by atoms with Gasteiger partial charge in [0.1, 0.15) is 31.0 Å². The van der Waals surface area contributed by atoms with E-state index in [2.05, 4.69) is 26.0 Å². The molecule has 5 aromatic rings. The van der Waals surface area contributed by atoms with Gasteiger partial charge in [0.15, 0.2) is 0 Å². The number of hydrogen-bond donors (Lipinski definition) is 3. The Bertz CT molecular complexity index is 2050. The van der Waals surface area contributed by atoms with Crippen LogP contribution in [0, 0.1) is 0 Å². The van der Waals surface area contributed by atoms with Crippen molar-refractivity contribution in [1.82, 2.24) is 4.98 Å². The van der Waals surface area contributed by atoms with Gasteiger partial charge in [0, 0.05) is 10.8 Å². The van der Waals surface area contributed by atoms with Gasteiger partial charge in [-0.2, -0.15) is 10.2 Å². The molecule has 0 amide bonds. The number of H-pyrrole nitrogens is 1. The summed E-state index contributed by atoms with van der Waals surface area (Å²) in [6, 6.07) is 15.9. The molecule has 198 valence electrons. The van der Waals surface area contributed by atoms with E-state index < -0.39 is 40.9 Å². The molecule has 4 aromatic carbocycles. The first-order valence-electron chi connectivity index (χ1n) is 10.9. The molecule has 0 fully saturated rings. The molecule has 0 atom stereocenters. The average Bonchev–Trinajstić information content (AvgIpc) is 3.28. The van der Waals surface area contributed by atoms with Crippen molar-refractivity contribution >= 4 is 53.4 Å². The fraction of sp³-hybridized carbons (Fsp3) is 0. The minimum Gasteiger partial charge on any atom is -0.744 e. The third kappa shape index (κ3) is 7.03. The SMILES string of the molecule is O=c1/c(=N/Nc2ccc(S(=O)(=O)[O-])cc2)ccc2c1[nH]c1c(=O)/c(=N/Nc3ccc(S(=O)(=O)[O-])cc3)ccc12.[Na+].[Na+]. The van der Waals surface area contributed by atoms with Gasteiger partial charge in [-0.1, -0.05) is 0 Å². The topological polar surface area (TPSA) is 213 Å². The summed E-state index contributed by atoms with van der Waals surface area (Å²) in [5.74, 6) is 0. The summed E-state index contributed by atoms with van der Waals surface area (Å²) < 4.78 is 66.3. The van der Waals surface area contributed by atoms with Crippen LogP contribution in [0.5, 0.6) is 0 Å². The molecule has 0 spiro atoms. The first kappa shape index (κ1) is 32.8. The maximum atomic E-state index is 13.0. The van der Waals surface area contributed by atoms with Gasteiger partial charge in [0.2, 0.25) is 10.9 Å². The van der Waals surface area contributed by atoms with E-state index in [1.165, 1.54) is 36.4 Å². The summed E-state index contributed by atoms with van der Waals surface area (Å²) in [6.45, 7) is 0. The Hall–Kier alpha value is -2.70. The molecule has 13 nitrogen and oxygen atoms in total. The second-order valence-corrected chi connectivity index (χ2v) is 11.0. The molecule has 3 N–H and O–H groups in total. The third-order valence-corrected chi connectivity index (χ3v) is 7.41. The second-order valence-electron chi connectivity index (χ2n) is 8.20. The summed E-state index contributed by atoms with van der Waals surface area (Å²) >= 11 is 0. The van der Waals surface area contributed by atoms with Crippen molar-refractivity contribution in [2.75, 3.05) is 10.9 Å². The van der Waals surface area contributed by atoms with Gasteiger partial charge in [-0.15, -0.1) is 0 Å². The van der Waals surface area contributed by atoms with Crippen molar-refractivity contribution in [1.29, 1.82) is 0 Å². The molecule has 0 saturated heterocycles. The van der Waals surface area contributed by atoms with E-state index in [0.717, 1.165) is 24.3 Å². The summed E-state index contributed by atoms with van der Waals surface area (Å²) in [6.07, 6.45) is 0. The minimum atomic E-state index is -4.59. The zero-order valence-corrected chi connectivity index (χ0v) is 27.0. The Morgan fingerprint density at radius 2 is 0.902 bits per heavy atom. The Kier molecular flexibility index (Phi) is 10.1. The van der Waals surface area contributed by atoms with Crippen LogP contribution in [0.4, 0.5) is 11.4 Å². The quantitative estimate of drug-likeness (QED) is 0.0942. The summed E-state index contributed by atoms with van der Waals surface area (Å²) in [5, 5.41) is 9.08. The van der Waals surface area contributed by atoms with E-state index in [9.17, 15) is 35.5 Å². The van der Waals surface area contributed by atoms with E-state index >= 15 is 0 Å². The maximum absolute atomic E-state index is 13.0. The smallest absolute Gasteiger partial charge is 0.744 e. The standard InChI is InChI=1S/C24H17N5O8S2.2Na/c30-23-19(28-26-13-1-5-15(6-2-13)38(32,33)34)11-9-17-18-10-12-20(24(31)22(18)25-21(17)23)29-27-14-3-7-16(8-4-14)39(35,36)37;;/h1-12,25-27H,(H,32,33,34)(H,35,36,37);;/q;2*+1/p-2/b28-19+,29-20+;;. The van der Waals surface area contributed by atoms with Crippen LogP contribution in [0.15, 0.2) is 102 Å². The molecule has 0 saturated carbocycles. The van der Waals surface area contributed by atoms with Crippen molar-refractivity contribution < 1.29 is 85.1 Å².